The summed E-state index contributed by atoms with van der Waals surface area (Å²) in [7, 11) is 0. The van der Waals surface area contributed by atoms with Crippen LogP contribution in [0.2, 0.25) is 0 Å². The summed E-state index contributed by atoms with van der Waals surface area (Å²) in [5.41, 5.74) is 0. The maximum Gasteiger partial charge on any atom is 0.303 e. The van der Waals surface area contributed by atoms with Crippen molar-refractivity contribution >= 4 is 5.97 Å². The highest BCUT2D eigenvalue weighted by molar-refractivity contribution is 5.66. The molecule has 0 unspecified atom stereocenters. The molecule has 0 aromatic heterocycles. The Labute approximate surface area is 43.5 Å². The quantitative estimate of drug-likeness (QED) is 0.506. The Bertz CT molecular complexity index is 50.0. The summed E-state index contributed by atoms with van der Waals surface area (Å²) < 4.78 is 0. The van der Waals surface area contributed by atoms with Gasteiger partial charge in [-0.05, 0) is 0 Å². The molecule has 0 rings (SSSR count). The Balaban J connectivity index is 0. The minimum Gasteiger partial charge on any atom is -0.481 e. The van der Waals surface area contributed by atoms with Crippen molar-refractivity contribution < 1.29 is 9.90 Å². The van der Waals surface area contributed by atoms with Crippen LogP contribution in [-0.4, -0.2) is 11.1 Å². The monoisotopic (exact) mass is 102 g/mol. The van der Waals surface area contributed by atoms with E-state index in [0.717, 1.165) is 0 Å². The standard InChI is InChI=1S/C3H6O2.C2H4/c1-2-3(4)5;1-2/h2H2,1H3,(H,4,5);1-2H2. The van der Waals surface area contributed by atoms with Crippen molar-refractivity contribution in [2.45, 2.75) is 13.3 Å². The maximum atomic E-state index is 9.37. The van der Waals surface area contributed by atoms with Crippen molar-refractivity contribution in [2.24, 2.45) is 0 Å². The molecule has 0 fully saturated rings. The van der Waals surface area contributed by atoms with Crippen molar-refractivity contribution in [3.8, 4) is 0 Å². The van der Waals surface area contributed by atoms with Gasteiger partial charge in [0.2, 0.25) is 0 Å². The summed E-state index contributed by atoms with van der Waals surface area (Å²) in [5, 5.41) is 7.72. The van der Waals surface area contributed by atoms with Gasteiger partial charge < -0.3 is 5.11 Å². The van der Waals surface area contributed by atoms with Gasteiger partial charge in [0, 0.05) is 6.42 Å². The third-order valence-corrected chi connectivity index (χ3v) is 0.302. The minimum atomic E-state index is -0.745. The van der Waals surface area contributed by atoms with Crippen LogP contribution in [0.25, 0.3) is 0 Å². The van der Waals surface area contributed by atoms with Crippen molar-refractivity contribution in [2.75, 3.05) is 0 Å². The van der Waals surface area contributed by atoms with Gasteiger partial charge in [-0.3, -0.25) is 4.79 Å². The molecule has 0 aromatic rings. The van der Waals surface area contributed by atoms with Gasteiger partial charge in [-0.25, -0.2) is 0 Å². The van der Waals surface area contributed by atoms with Crippen LogP contribution in [0.3, 0.4) is 0 Å². The third-order valence-electron chi connectivity index (χ3n) is 0.302. The van der Waals surface area contributed by atoms with E-state index >= 15 is 0 Å². The van der Waals surface area contributed by atoms with Crippen molar-refractivity contribution in [1.82, 2.24) is 0 Å². The molecule has 7 heavy (non-hydrogen) atoms. The zero-order valence-electron chi connectivity index (χ0n) is 4.48. The molecule has 0 atom stereocenters. The number of carboxylic acids is 1. The molecular formula is C5H10O2. The topological polar surface area (TPSA) is 37.3 Å². The Hall–Kier alpha value is -0.790. The van der Waals surface area contributed by atoms with E-state index in [-0.39, 0.29) is 6.42 Å². The van der Waals surface area contributed by atoms with Gasteiger partial charge in [0.1, 0.15) is 0 Å². The van der Waals surface area contributed by atoms with E-state index in [2.05, 4.69) is 13.2 Å². The van der Waals surface area contributed by atoms with Crippen LogP contribution in [0, 0.1) is 0 Å². The molecular weight excluding hydrogens is 92.1 g/mol. The summed E-state index contributed by atoms with van der Waals surface area (Å²) >= 11 is 0. The summed E-state index contributed by atoms with van der Waals surface area (Å²) in [6.45, 7) is 7.60. The zero-order chi connectivity index (χ0) is 6.28. The molecule has 0 aliphatic heterocycles. The van der Waals surface area contributed by atoms with Crippen molar-refractivity contribution in [3.05, 3.63) is 13.2 Å². The lowest BCUT2D eigenvalue weighted by Crippen LogP contribution is -1.86. The molecule has 0 saturated heterocycles. The largest absolute Gasteiger partial charge is 0.481 e. The van der Waals surface area contributed by atoms with Crippen LogP contribution in [0.4, 0.5) is 0 Å². The average molecular weight is 102 g/mol. The highest BCUT2D eigenvalue weighted by Crippen LogP contribution is 1.67. The fraction of sp³-hybridized carbons (Fsp3) is 0.400. The molecule has 0 amide bonds. The van der Waals surface area contributed by atoms with E-state index in [1.807, 2.05) is 0 Å². The summed E-state index contributed by atoms with van der Waals surface area (Å²) in [6, 6.07) is 0. The molecule has 42 valence electrons. The normalized spacial score (nSPS) is 5.86. The Kier molecular flexibility index (Phi) is 12.2. The average Bonchev–Trinajstić information content (AvgIpc) is 1.73. The molecule has 0 spiro atoms. The Morgan fingerprint density at radius 1 is 1.71 bits per heavy atom. The lowest BCUT2D eigenvalue weighted by atomic mass is 10.5. The van der Waals surface area contributed by atoms with Gasteiger partial charge in [-0.2, -0.15) is 0 Å². The first kappa shape index (κ1) is 9.51. The molecule has 1 N–H and O–H groups in total. The molecule has 0 aromatic carbocycles. The molecule has 0 heterocycles. The molecule has 0 bridgehead atoms. The first-order valence-corrected chi connectivity index (χ1v) is 1.99. The predicted octanol–water partition coefficient (Wildman–Crippen LogP) is 1.28. The second-order valence-electron chi connectivity index (χ2n) is 0.747. The highest BCUT2D eigenvalue weighted by atomic mass is 16.4. The maximum absolute atomic E-state index is 9.37. The van der Waals surface area contributed by atoms with Gasteiger partial charge in [-0.1, -0.05) is 6.92 Å². The molecule has 0 aliphatic carbocycles. The Morgan fingerprint density at radius 3 is 1.86 bits per heavy atom. The molecule has 2 heteroatoms. The molecule has 0 saturated carbocycles. The molecule has 0 aliphatic rings. The Morgan fingerprint density at radius 2 is 1.86 bits per heavy atom. The lowest BCUT2D eigenvalue weighted by Gasteiger charge is -1.71. The summed E-state index contributed by atoms with van der Waals surface area (Å²) in [4.78, 5) is 9.37. The third kappa shape index (κ3) is 36.7. The van der Waals surface area contributed by atoms with E-state index in [4.69, 9.17) is 5.11 Å². The van der Waals surface area contributed by atoms with E-state index < -0.39 is 5.97 Å². The van der Waals surface area contributed by atoms with E-state index in [0.29, 0.717) is 0 Å². The first-order valence-electron chi connectivity index (χ1n) is 1.99. The molecule has 0 radical (unpaired) electrons. The van der Waals surface area contributed by atoms with Crippen LogP contribution in [-0.2, 0) is 4.79 Å². The van der Waals surface area contributed by atoms with Crippen LogP contribution in [0.1, 0.15) is 13.3 Å². The summed E-state index contributed by atoms with van der Waals surface area (Å²) in [6.07, 6.45) is 0.222. The van der Waals surface area contributed by atoms with E-state index in [9.17, 15) is 4.79 Å². The first-order chi connectivity index (χ1) is 3.27. The van der Waals surface area contributed by atoms with E-state index in [1.54, 1.807) is 6.92 Å². The second-order valence-corrected chi connectivity index (χ2v) is 0.747. The van der Waals surface area contributed by atoms with Gasteiger partial charge in [0.15, 0.2) is 0 Å². The number of aliphatic carboxylic acids is 1. The van der Waals surface area contributed by atoms with Crippen LogP contribution >= 0.6 is 0 Å². The van der Waals surface area contributed by atoms with Crippen LogP contribution in [0.15, 0.2) is 13.2 Å². The van der Waals surface area contributed by atoms with Gasteiger partial charge in [0.25, 0.3) is 0 Å². The van der Waals surface area contributed by atoms with E-state index in [1.165, 1.54) is 0 Å². The molecule has 2 nitrogen and oxygen atoms in total. The number of hydrogen-bond acceptors (Lipinski definition) is 1. The number of carbonyl (C=O) groups is 1. The van der Waals surface area contributed by atoms with Gasteiger partial charge in [0.05, 0.1) is 0 Å². The second kappa shape index (κ2) is 8.96. The fourth-order valence-electron chi connectivity index (χ4n) is 0. The van der Waals surface area contributed by atoms with Crippen molar-refractivity contribution in [3.63, 3.8) is 0 Å². The van der Waals surface area contributed by atoms with Crippen LogP contribution < -0.4 is 0 Å². The number of rotatable bonds is 1. The lowest BCUT2D eigenvalue weighted by molar-refractivity contribution is -0.136. The number of carboxylic acid groups (broad SMARTS) is 1. The zero-order valence-corrected chi connectivity index (χ0v) is 4.48. The number of hydrogen-bond donors (Lipinski definition) is 1. The predicted molar refractivity (Wildman–Crippen MR) is 29.2 cm³/mol. The van der Waals surface area contributed by atoms with Gasteiger partial charge >= 0.3 is 5.97 Å². The SMILES string of the molecule is C=C.CCC(=O)O. The van der Waals surface area contributed by atoms with Gasteiger partial charge in [-0.15, -0.1) is 13.2 Å². The highest BCUT2D eigenvalue weighted by Gasteiger charge is 1.80. The minimum absolute atomic E-state index is 0.222. The smallest absolute Gasteiger partial charge is 0.303 e. The van der Waals surface area contributed by atoms with Crippen LogP contribution in [0.5, 0.6) is 0 Å². The summed E-state index contributed by atoms with van der Waals surface area (Å²) in [5.74, 6) is -0.745. The van der Waals surface area contributed by atoms with Crippen molar-refractivity contribution in [1.29, 1.82) is 0 Å². The fourth-order valence-corrected chi connectivity index (χ4v) is 0.